The SMILES string of the molecule is Cn1ncc(NCC(O)c2c(Cl)cccc2Cl)c(Br)c1=O. The van der Waals surface area contributed by atoms with E-state index in [1.165, 1.54) is 10.9 Å². The molecule has 21 heavy (non-hydrogen) atoms. The van der Waals surface area contributed by atoms with Crippen molar-refractivity contribution in [2.75, 3.05) is 11.9 Å². The first-order chi connectivity index (χ1) is 9.91. The minimum atomic E-state index is -0.915. The molecule has 0 spiro atoms. The zero-order valence-electron chi connectivity index (χ0n) is 11.0. The Morgan fingerprint density at radius 2 is 2.05 bits per heavy atom. The van der Waals surface area contributed by atoms with Crippen LogP contribution in [0.1, 0.15) is 11.7 Å². The zero-order valence-corrected chi connectivity index (χ0v) is 14.1. The van der Waals surface area contributed by atoms with Crippen molar-refractivity contribution in [3.63, 3.8) is 0 Å². The van der Waals surface area contributed by atoms with Crippen molar-refractivity contribution in [2.24, 2.45) is 7.05 Å². The van der Waals surface area contributed by atoms with Gasteiger partial charge in [-0.15, -0.1) is 0 Å². The molecule has 8 heteroatoms. The van der Waals surface area contributed by atoms with Crippen molar-refractivity contribution in [2.45, 2.75) is 6.10 Å². The first-order valence-corrected chi connectivity index (χ1v) is 7.54. The fraction of sp³-hybridized carbons (Fsp3) is 0.231. The molecule has 2 N–H and O–H groups in total. The molecule has 112 valence electrons. The summed E-state index contributed by atoms with van der Waals surface area (Å²) in [6.07, 6.45) is 0.578. The van der Waals surface area contributed by atoms with Crippen LogP contribution in [0, 0.1) is 0 Å². The number of hydrogen-bond donors (Lipinski definition) is 2. The summed E-state index contributed by atoms with van der Waals surface area (Å²) in [5.41, 5.74) is 0.659. The van der Waals surface area contributed by atoms with Crippen molar-refractivity contribution in [3.05, 3.63) is 54.8 Å². The van der Waals surface area contributed by atoms with Gasteiger partial charge in [-0.1, -0.05) is 29.3 Å². The molecule has 0 aliphatic heterocycles. The van der Waals surface area contributed by atoms with E-state index in [2.05, 4.69) is 26.3 Å². The Labute approximate surface area is 139 Å². The van der Waals surface area contributed by atoms with Crippen LogP contribution in [-0.4, -0.2) is 21.4 Å². The summed E-state index contributed by atoms with van der Waals surface area (Å²) in [6.45, 7) is 0.136. The number of aromatic nitrogens is 2. The Morgan fingerprint density at radius 3 is 2.67 bits per heavy atom. The number of benzene rings is 1. The summed E-state index contributed by atoms with van der Waals surface area (Å²) >= 11 is 15.3. The third kappa shape index (κ3) is 3.58. The number of rotatable bonds is 4. The molecule has 1 aromatic heterocycles. The smallest absolute Gasteiger partial charge is 0.282 e. The molecule has 1 heterocycles. The van der Waals surface area contributed by atoms with Gasteiger partial charge in [-0.2, -0.15) is 5.10 Å². The predicted octanol–water partition coefficient (Wildman–Crippen LogP) is 3.00. The molecule has 1 unspecified atom stereocenters. The average Bonchev–Trinajstić information content (AvgIpc) is 2.44. The van der Waals surface area contributed by atoms with E-state index in [1.54, 1.807) is 25.2 Å². The van der Waals surface area contributed by atoms with Gasteiger partial charge >= 0.3 is 0 Å². The Kier molecular flexibility index (Phi) is 5.27. The van der Waals surface area contributed by atoms with Gasteiger partial charge < -0.3 is 10.4 Å². The molecule has 0 bridgehead atoms. The van der Waals surface area contributed by atoms with Crippen LogP contribution in [0.25, 0.3) is 0 Å². The number of aliphatic hydroxyl groups is 1. The number of anilines is 1. The number of halogens is 3. The third-order valence-electron chi connectivity index (χ3n) is 2.90. The quantitative estimate of drug-likeness (QED) is 0.839. The van der Waals surface area contributed by atoms with E-state index >= 15 is 0 Å². The predicted molar refractivity (Wildman–Crippen MR) is 87.1 cm³/mol. The van der Waals surface area contributed by atoms with Crippen molar-refractivity contribution in [1.82, 2.24) is 9.78 Å². The molecule has 5 nitrogen and oxygen atoms in total. The maximum atomic E-state index is 11.7. The fourth-order valence-corrected chi connectivity index (χ4v) is 2.92. The topological polar surface area (TPSA) is 67.2 Å². The van der Waals surface area contributed by atoms with Gasteiger partial charge in [-0.05, 0) is 28.1 Å². The molecule has 0 saturated heterocycles. The molecule has 0 aliphatic carbocycles. The summed E-state index contributed by atoms with van der Waals surface area (Å²) in [6, 6.07) is 5.01. The van der Waals surface area contributed by atoms with E-state index in [0.29, 0.717) is 25.8 Å². The molecule has 0 radical (unpaired) electrons. The second-order valence-electron chi connectivity index (χ2n) is 4.33. The van der Waals surface area contributed by atoms with E-state index in [-0.39, 0.29) is 12.1 Å². The summed E-state index contributed by atoms with van der Waals surface area (Å²) in [5.74, 6) is 0. The maximum Gasteiger partial charge on any atom is 0.282 e. The van der Waals surface area contributed by atoms with Gasteiger partial charge in [0, 0.05) is 29.2 Å². The van der Waals surface area contributed by atoms with Gasteiger partial charge in [-0.3, -0.25) is 4.79 Å². The fourth-order valence-electron chi connectivity index (χ4n) is 1.77. The largest absolute Gasteiger partial charge is 0.386 e. The van der Waals surface area contributed by atoms with Gasteiger partial charge in [0.15, 0.2) is 0 Å². The molecule has 0 aliphatic rings. The average molecular weight is 393 g/mol. The summed E-state index contributed by atoms with van der Waals surface area (Å²) in [7, 11) is 1.55. The molecule has 0 saturated carbocycles. The molecule has 0 amide bonds. The van der Waals surface area contributed by atoms with Crippen LogP contribution >= 0.6 is 39.1 Å². The summed E-state index contributed by atoms with van der Waals surface area (Å²) in [5, 5.41) is 17.8. The first kappa shape index (κ1) is 16.3. The number of aryl methyl sites for hydroxylation is 1. The molecule has 2 aromatic rings. The first-order valence-electron chi connectivity index (χ1n) is 5.99. The van der Waals surface area contributed by atoms with E-state index in [1.807, 2.05) is 0 Å². The Balaban J connectivity index is 2.17. The Hall–Kier alpha value is -1.08. The highest BCUT2D eigenvalue weighted by molar-refractivity contribution is 9.10. The van der Waals surface area contributed by atoms with E-state index in [9.17, 15) is 9.90 Å². The lowest BCUT2D eigenvalue weighted by atomic mass is 10.1. The van der Waals surface area contributed by atoms with Crippen LogP contribution in [0.5, 0.6) is 0 Å². The van der Waals surface area contributed by atoms with Crippen LogP contribution in [0.2, 0.25) is 10.0 Å². The standard InChI is InChI=1S/C13H12BrCl2N3O2/c1-19-13(21)12(14)9(5-18-19)17-6-10(20)11-7(15)3-2-4-8(11)16/h2-5,10,17,20H,6H2,1H3. The third-order valence-corrected chi connectivity index (χ3v) is 4.32. The van der Waals surface area contributed by atoms with E-state index < -0.39 is 6.10 Å². The monoisotopic (exact) mass is 391 g/mol. The minimum absolute atomic E-state index is 0.136. The van der Waals surface area contributed by atoms with Crippen LogP contribution in [-0.2, 0) is 7.05 Å². The molecule has 1 atom stereocenters. The second kappa shape index (κ2) is 6.79. The summed E-state index contributed by atoms with van der Waals surface area (Å²) in [4.78, 5) is 11.7. The van der Waals surface area contributed by atoms with Crippen molar-refractivity contribution in [3.8, 4) is 0 Å². The highest BCUT2D eigenvalue weighted by atomic mass is 79.9. The lowest BCUT2D eigenvalue weighted by Crippen LogP contribution is -2.22. The van der Waals surface area contributed by atoms with Crippen molar-refractivity contribution >= 4 is 44.8 Å². The van der Waals surface area contributed by atoms with Crippen LogP contribution in [0.15, 0.2) is 33.7 Å². The van der Waals surface area contributed by atoms with Crippen molar-refractivity contribution < 1.29 is 5.11 Å². The van der Waals surface area contributed by atoms with Crippen molar-refractivity contribution in [1.29, 1.82) is 0 Å². The van der Waals surface area contributed by atoms with Gasteiger partial charge in [0.1, 0.15) is 4.47 Å². The summed E-state index contributed by atoms with van der Waals surface area (Å²) < 4.78 is 1.55. The zero-order chi connectivity index (χ0) is 15.6. The molecular weight excluding hydrogens is 381 g/mol. The van der Waals surface area contributed by atoms with Crippen LogP contribution < -0.4 is 10.9 Å². The normalized spacial score (nSPS) is 12.2. The number of aliphatic hydroxyl groups excluding tert-OH is 1. The van der Waals surface area contributed by atoms with Crippen LogP contribution in [0.3, 0.4) is 0 Å². The van der Waals surface area contributed by atoms with Gasteiger partial charge in [0.25, 0.3) is 5.56 Å². The van der Waals surface area contributed by atoms with Crippen LogP contribution in [0.4, 0.5) is 5.69 Å². The lowest BCUT2D eigenvalue weighted by Gasteiger charge is -2.16. The van der Waals surface area contributed by atoms with Gasteiger partial charge in [-0.25, -0.2) is 4.68 Å². The van der Waals surface area contributed by atoms with E-state index in [4.69, 9.17) is 23.2 Å². The van der Waals surface area contributed by atoms with E-state index in [0.717, 1.165) is 0 Å². The molecular formula is C13H12BrCl2N3O2. The maximum absolute atomic E-state index is 11.7. The minimum Gasteiger partial charge on any atom is -0.386 e. The van der Waals surface area contributed by atoms with Gasteiger partial charge in [0.05, 0.1) is 18.0 Å². The molecule has 1 aromatic carbocycles. The number of hydrogen-bond acceptors (Lipinski definition) is 4. The number of nitrogens with one attached hydrogen (secondary N) is 1. The molecule has 2 rings (SSSR count). The van der Waals surface area contributed by atoms with Gasteiger partial charge in [0.2, 0.25) is 0 Å². The number of nitrogens with zero attached hydrogens (tertiary/aromatic N) is 2. The highest BCUT2D eigenvalue weighted by Crippen LogP contribution is 2.30. The molecule has 0 fully saturated rings. The Bertz CT molecular complexity index is 701. The Morgan fingerprint density at radius 1 is 1.43 bits per heavy atom. The lowest BCUT2D eigenvalue weighted by molar-refractivity contribution is 0.192. The second-order valence-corrected chi connectivity index (χ2v) is 5.94. The highest BCUT2D eigenvalue weighted by Gasteiger charge is 2.16.